The summed E-state index contributed by atoms with van der Waals surface area (Å²) in [6.45, 7) is 0. The Morgan fingerprint density at radius 2 is 2.00 bits per heavy atom. The second-order valence-corrected chi connectivity index (χ2v) is 5.68. The predicted molar refractivity (Wildman–Crippen MR) is 66.7 cm³/mol. The molecule has 0 bridgehead atoms. The first-order valence-electron chi connectivity index (χ1n) is 5.55. The zero-order chi connectivity index (χ0) is 16.1. The van der Waals surface area contributed by atoms with E-state index in [0.717, 1.165) is 12.1 Å². The number of aromatic nitrogens is 4. The van der Waals surface area contributed by atoms with Crippen LogP contribution in [0.25, 0.3) is 16.7 Å². The van der Waals surface area contributed by atoms with E-state index in [4.69, 9.17) is 0 Å². The van der Waals surface area contributed by atoms with Crippen LogP contribution in [0.1, 0.15) is 0 Å². The van der Waals surface area contributed by atoms with Crippen molar-refractivity contribution >= 4 is 26.8 Å². The molecule has 22 heavy (non-hydrogen) atoms. The van der Waals surface area contributed by atoms with Crippen molar-refractivity contribution in [2.24, 2.45) is 0 Å². The maximum atomic E-state index is 12.3. The number of hydrogen-bond donors (Lipinski definition) is 1. The van der Waals surface area contributed by atoms with Crippen molar-refractivity contribution in [3.8, 4) is 5.75 Å². The summed E-state index contributed by atoms with van der Waals surface area (Å²) in [4.78, 5) is 14.2. The van der Waals surface area contributed by atoms with Crippen LogP contribution in [0.3, 0.4) is 0 Å². The summed E-state index contributed by atoms with van der Waals surface area (Å²) in [7, 11) is -5.81. The predicted octanol–water partition coefficient (Wildman–Crippen LogP) is 0.799. The summed E-state index contributed by atoms with van der Waals surface area (Å²) >= 11 is 0. The van der Waals surface area contributed by atoms with Gasteiger partial charge in [-0.2, -0.15) is 21.6 Å². The highest BCUT2D eigenvalue weighted by molar-refractivity contribution is 7.88. The number of H-pyrrole nitrogens is 1. The number of halogens is 3. The summed E-state index contributed by atoms with van der Waals surface area (Å²) in [6, 6.07) is 3.10. The van der Waals surface area contributed by atoms with Crippen LogP contribution < -0.4 is 9.74 Å². The van der Waals surface area contributed by atoms with Gasteiger partial charge in [0.15, 0.2) is 0 Å². The molecule has 0 amide bonds. The number of aromatic amines is 1. The Morgan fingerprint density at radius 3 is 2.68 bits per heavy atom. The van der Waals surface area contributed by atoms with Gasteiger partial charge in [-0.25, -0.2) is 0 Å². The van der Waals surface area contributed by atoms with Gasteiger partial charge in [0.05, 0.1) is 10.9 Å². The smallest absolute Gasteiger partial charge is 0.376 e. The van der Waals surface area contributed by atoms with E-state index in [2.05, 4.69) is 19.4 Å². The zero-order valence-corrected chi connectivity index (χ0v) is 11.1. The van der Waals surface area contributed by atoms with Gasteiger partial charge in [-0.3, -0.25) is 14.2 Å². The SMILES string of the molecule is O=c1[nH]c2nncn2c2ccc(OS(=O)(=O)C(F)(F)F)cc12. The standard InChI is InChI=1S/C10H5F3N4O4S/c11-10(12,13)22(19,20)21-5-1-2-7-6(3-5)8(18)15-9-16-14-4-17(7)9/h1-4H,(H,15,16,18). The lowest BCUT2D eigenvalue weighted by atomic mass is 10.2. The van der Waals surface area contributed by atoms with Gasteiger partial charge >= 0.3 is 15.6 Å². The molecule has 0 atom stereocenters. The van der Waals surface area contributed by atoms with E-state index >= 15 is 0 Å². The van der Waals surface area contributed by atoms with E-state index in [0.29, 0.717) is 0 Å². The van der Waals surface area contributed by atoms with E-state index < -0.39 is 26.9 Å². The van der Waals surface area contributed by atoms with Crippen LogP contribution in [0.15, 0.2) is 29.3 Å². The van der Waals surface area contributed by atoms with Gasteiger partial charge in [-0.1, -0.05) is 0 Å². The molecule has 2 heterocycles. The minimum absolute atomic E-state index is 0.0813. The fourth-order valence-corrected chi connectivity index (χ4v) is 2.25. The number of rotatable bonds is 2. The molecule has 1 aromatic carbocycles. The van der Waals surface area contributed by atoms with Crippen molar-refractivity contribution in [1.82, 2.24) is 19.6 Å². The fraction of sp³-hybridized carbons (Fsp3) is 0.100. The van der Waals surface area contributed by atoms with Crippen molar-refractivity contribution in [1.29, 1.82) is 0 Å². The van der Waals surface area contributed by atoms with E-state index in [1.165, 1.54) is 16.8 Å². The molecular formula is C10H5F3N4O4S. The second-order valence-electron chi connectivity index (χ2n) is 4.14. The number of nitrogens with zero attached hydrogens (tertiary/aromatic N) is 3. The van der Waals surface area contributed by atoms with E-state index in [9.17, 15) is 26.4 Å². The number of fused-ring (bicyclic) bond motifs is 3. The second kappa shape index (κ2) is 4.43. The van der Waals surface area contributed by atoms with Crippen LogP contribution >= 0.6 is 0 Å². The Bertz CT molecular complexity index is 1040. The van der Waals surface area contributed by atoms with Crippen LogP contribution in [0.4, 0.5) is 13.2 Å². The Hall–Kier alpha value is -2.63. The summed E-state index contributed by atoms with van der Waals surface area (Å²) in [6.07, 6.45) is 1.28. The first kappa shape index (κ1) is 14.3. The number of alkyl halides is 3. The van der Waals surface area contributed by atoms with Gasteiger partial charge in [0.1, 0.15) is 12.1 Å². The summed E-state index contributed by atoms with van der Waals surface area (Å²) in [5, 5.41) is 7.12. The molecule has 0 spiro atoms. The van der Waals surface area contributed by atoms with Crippen molar-refractivity contribution < 1.29 is 25.8 Å². The van der Waals surface area contributed by atoms with E-state index in [-0.39, 0.29) is 16.7 Å². The third-order valence-electron chi connectivity index (χ3n) is 2.73. The van der Waals surface area contributed by atoms with Crippen molar-refractivity contribution in [3.05, 3.63) is 34.9 Å². The normalized spacial score (nSPS) is 12.9. The Morgan fingerprint density at radius 1 is 1.27 bits per heavy atom. The molecule has 1 N–H and O–H groups in total. The summed E-state index contributed by atoms with van der Waals surface area (Å²) in [5.41, 5.74) is -5.96. The zero-order valence-electron chi connectivity index (χ0n) is 10.3. The van der Waals surface area contributed by atoms with Crippen LogP contribution in [-0.2, 0) is 10.1 Å². The Labute approximate surface area is 119 Å². The lowest BCUT2D eigenvalue weighted by Gasteiger charge is -2.10. The quantitative estimate of drug-likeness (QED) is 0.549. The molecular weight excluding hydrogens is 329 g/mol. The van der Waals surface area contributed by atoms with Crippen molar-refractivity contribution in [3.63, 3.8) is 0 Å². The summed E-state index contributed by atoms with van der Waals surface area (Å²) < 4.78 is 64.1. The maximum Gasteiger partial charge on any atom is 0.534 e. The first-order valence-corrected chi connectivity index (χ1v) is 6.96. The van der Waals surface area contributed by atoms with Gasteiger partial charge in [-0.15, -0.1) is 10.2 Å². The third-order valence-corrected chi connectivity index (χ3v) is 3.71. The average molecular weight is 334 g/mol. The highest BCUT2D eigenvalue weighted by atomic mass is 32.2. The molecule has 12 heteroatoms. The van der Waals surface area contributed by atoms with Crippen molar-refractivity contribution in [2.75, 3.05) is 0 Å². The van der Waals surface area contributed by atoms with Gasteiger partial charge in [-0.05, 0) is 18.2 Å². The third kappa shape index (κ3) is 2.16. The minimum atomic E-state index is -5.81. The van der Waals surface area contributed by atoms with Gasteiger partial charge in [0, 0.05) is 0 Å². The molecule has 0 saturated heterocycles. The first-order chi connectivity index (χ1) is 10.2. The van der Waals surface area contributed by atoms with Crippen LogP contribution in [0.5, 0.6) is 5.75 Å². The van der Waals surface area contributed by atoms with E-state index in [1.807, 2.05) is 0 Å². The fourth-order valence-electron chi connectivity index (χ4n) is 1.80. The molecule has 3 aromatic rings. The lowest BCUT2D eigenvalue weighted by Crippen LogP contribution is -2.28. The maximum absolute atomic E-state index is 12.3. The van der Waals surface area contributed by atoms with Gasteiger partial charge < -0.3 is 4.18 Å². The molecule has 0 aliphatic rings. The van der Waals surface area contributed by atoms with Gasteiger partial charge in [0.2, 0.25) is 5.78 Å². The molecule has 0 saturated carbocycles. The molecule has 0 fully saturated rings. The number of hydrogen-bond acceptors (Lipinski definition) is 6. The molecule has 0 aliphatic heterocycles. The highest BCUT2D eigenvalue weighted by Gasteiger charge is 2.48. The largest absolute Gasteiger partial charge is 0.534 e. The van der Waals surface area contributed by atoms with Crippen LogP contribution in [0, 0.1) is 0 Å². The Balaban J connectivity index is 2.17. The van der Waals surface area contributed by atoms with Crippen LogP contribution in [-0.4, -0.2) is 33.5 Å². The minimum Gasteiger partial charge on any atom is -0.376 e. The Kier molecular flexibility index (Phi) is 2.88. The molecule has 0 unspecified atom stereocenters. The van der Waals surface area contributed by atoms with Crippen LogP contribution in [0.2, 0.25) is 0 Å². The molecule has 116 valence electrons. The van der Waals surface area contributed by atoms with Crippen molar-refractivity contribution in [2.45, 2.75) is 5.51 Å². The topological polar surface area (TPSA) is 106 Å². The highest BCUT2D eigenvalue weighted by Crippen LogP contribution is 2.28. The number of nitrogens with one attached hydrogen (secondary N) is 1. The molecule has 8 nitrogen and oxygen atoms in total. The average Bonchev–Trinajstić information content (AvgIpc) is 2.85. The molecule has 0 radical (unpaired) electrons. The number of benzene rings is 1. The molecule has 0 aliphatic carbocycles. The summed E-state index contributed by atoms with van der Waals surface area (Å²) in [5.74, 6) is -0.503. The monoisotopic (exact) mass is 334 g/mol. The van der Waals surface area contributed by atoms with Gasteiger partial charge in [0.25, 0.3) is 5.56 Å². The lowest BCUT2D eigenvalue weighted by molar-refractivity contribution is -0.0500. The van der Waals surface area contributed by atoms with E-state index in [1.54, 1.807) is 0 Å². The molecule has 2 aromatic heterocycles. The molecule has 3 rings (SSSR count).